The SMILES string of the molecule is CS(=O)(=O)c1ccc2c(c1)CCN2C(=O)[C@@]1(c2cccs2)C[C@H]1CN. The molecule has 2 aliphatic rings. The fourth-order valence-corrected chi connectivity index (χ4v) is 5.56. The number of carbonyl (C=O) groups excluding carboxylic acids is 1. The molecule has 5 nitrogen and oxygen atoms in total. The number of anilines is 1. The lowest BCUT2D eigenvalue weighted by molar-refractivity contribution is -0.121. The van der Waals surface area contributed by atoms with Gasteiger partial charge in [-0.1, -0.05) is 6.07 Å². The third-order valence-corrected chi connectivity index (χ3v) is 7.51. The maximum absolute atomic E-state index is 13.4. The number of thiophene rings is 1. The predicted molar refractivity (Wildman–Crippen MR) is 98.8 cm³/mol. The van der Waals surface area contributed by atoms with Gasteiger partial charge in [0.15, 0.2) is 9.84 Å². The van der Waals surface area contributed by atoms with Crippen molar-refractivity contribution in [1.29, 1.82) is 0 Å². The number of nitrogens with two attached hydrogens (primary N) is 1. The number of nitrogens with zero attached hydrogens (tertiary/aromatic N) is 1. The van der Waals surface area contributed by atoms with E-state index in [4.69, 9.17) is 5.73 Å². The zero-order valence-corrected chi connectivity index (χ0v) is 15.6. The highest BCUT2D eigenvalue weighted by Crippen LogP contribution is 2.57. The minimum absolute atomic E-state index is 0.0938. The molecule has 1 aromatic carbocycles. The van der Waals surface area contributed by atoms with Gasteiger partial charge in [0, 0.05) is 23.4 Å². The normalized spacial score (nSPS) is 25.0. The van der Waals surface area contributed by atoms with Crippen LogP contribution in [-0.4, -0.2) is 33.7 Å². The smallest absolute Gasteiger partial charge is 0.238 e. The Hall–Kier alpha value is -1.70. The van der Waals surface area contributed by atoms with Gasteiger partial charge in [-0.05, 0) is 60.5 Å². The Labute approximate surface area is 151 Å². The molecule has 0 unspecified atom stereocenters. The van der Waals surface area contributed by atoms with Crippen molar-refractivity contribution in [2.45, 2.75) is 23.2 Å². The van der Waals surface area contributed by atoms with Crippen LogP contribution in [0.3, 0.4) is 0 Å². The molecule has 2 atom stereocenters. The van der Waals surface area contributed by atoms with E-state index in [0.717, 1.165) is 22.5 Å². The van der Waals surface area contributed by atoms with Crippen LogP contribution in [0.25, 0.3) is 0 Å². The molecule has 2 heterocycles. The Bertz CT molecular complexity index is 937. The fraction of sp³-hybridized carbons (Fsp3) is 0.389. The molecule has 1 aromatic heterocycles. The van der Waals surface area contributed by atoms with Crippen LogP contribution in [0.2, 0.25) is 0 Å². The van der Waals surface area contributed by atoms with Crippen molar-refractivity contribution >= 4 is 32.8 Å². The molecule has 25 heavy (non-hydrogen) atoms. The quantitative estimate of drug-likeness (QED) is 0.884. The summed E-state index contributed by atoms with van der Waals surface area (Å²) in [7, 11) is -3.24. The molecule has 1 fully saturated rings. The molecule has 1 saturated carbocycles. The van der Waals surface area contributed by atoms with Gasteiger partial charge >= 0.3 is 0 Å². The maximum Gasteiger partial charge on any atom is 0.238 e. The summed E-state index contributed by atoms with van der Waals surface area (Å²) < 4.78 is 23.5. The lowest BCUT2D eigenvalue weighted by Crippen LogP contribution is -2.40. The third kappa shape index (κ3) is 2.53. The van der Waals surface area contributed by atoms with Gasteiger partial charge in [0.25, 0.3) is 0 Å². The molecule has 132 valence electrons. The number of hydrogen-bond acceptors (Lipinski definition) is 5. The Morgan fingerprint density at radius 2 is 2.20 bits per heavy atom. The summed E-state index contributed by atoms with van der Waals surface area (Å²) in [5.41, 5.74) is 7.13. The summed E-state index contributed by atoms with van der Waals surface area (Å²) in [4.78, 5) is 16.6. The summed E-state index contributed by atoms with van der Waals surface area (Å²) in [5, 5.41) is 1.99. The molecular formula is C18H20N2O3S2. The van der Waals surface area contributed by atoms with Crippen molar-refractivity contribution < 1.29 is 13.2 Å². The van der Waals surface area contributed by atoms with Crippen molar-refractivity contribution in [3.8, 4) is 0 Å². The van der Waals surface area contributed by atoms with Gasteiger partial charge in [-0.3, -0.25) is 4.79 Å². The molecular weight excluding hydrogens is 356 g/mol. The lowest BCUT2D eigenvalue weighted by Gasteiger charge is -2.24. The van der Waals surface area contributed by atoms with E-state index in [0.29, 0.717) is 24.4 Å². The van der Waals surface area contributed by atoms with E-state index in [1.807, 2.05) is 22.4 Å². The molecule has 1 aliphatic heterocycles. The van der Waals surface area contributed by atoms with E-state index in [2.05, 4.69) is 0 Å². The highest BCUT2D eigenvalue weighted by molar-refractivity contribution is 7.90. The second-order valence-corrected chi connectivity index (χ2v) is 9.82. The number of amides is 1. The Kier molecular flexibility index (Phi) is 3.79. The standard InChI is InChI=1S/C18H20N2O3S2/c1-25(22,23)14-4-5-15-12(9-14)6-7-20(15)17(21)18(10-13(18)11-19)16-3-2-8-24-16/h2-5,8-9,13H,6-7,10-11,19H2,1H3/t13-,18-/m0/s1. The lowest BCUT2D eigenvalue weighted by atomic mass is 9.99. The number of carbonyl (C=O) groups is 1. The Balaban J connectivity index is 1.70. The average molecular weight is 377 g/mol. The van der Waals surface area contributed by atoms with Crippen LogP contribution >= 0.6 is 11.3 Å². The first-order chi connectivity index (χ1) is 11.9. The minimum atomic E-state index is -3.24. The van der Waals surface area contributed by atoms with E-state index in [1.165, 1.54) is 6.26 Å². The third-order valence-electron chi connectivity index (χ3n) is 5.35. The number of rotatable bonds is 4. The molecule has 7 heteroatoms. The van der Waals surface area contributed by atoms with Crippen LogP contribution in [0.4, 0.5) is 5.69 Å². The highest BCUT2D eigenvalue weighted by atomic mass is 32.2. The number of fused-ring (bicyclic) bond motifs is 1. The van der Waals surface area contributed by atoms with Gasteiger partial charge in [-0.2, -0.15) is 0 Å². The molecule has 2 N–H and O–H groups in total. The van der Waals surface area contributed by atoms with Crippen LogP contribution in [-0.2, 0) is 26.5 Å². The summed E-state index contributed by atoms with van der Waals surface area (Å²) >= 11 is 1.60. The monoisotopic (exact) mass is 376 g/mol. The van der Waals surface area contributed by atoms with Gasteiger partial charge in [0.1, 0.15) is 0 Å². The molecule has 1 amide bonds. The number of benzene rings is 1. The van der Waals surface area contributed by atoms with Gasteiger partial charge in [0.05, 0.1) is 10.3 Å². The van der Waals surface area contributed by atoms with E-state index in [1.54, 1.807) is 29.5 Å². The van der Waals surface area contributed by atoms with E-state index in [9.17, 15) is 13.2 Å². The zero-order chi connectivity index (χ0) is 17.8. The van der Waals surface area contributed by atoms with Crippen LogP contribution in [0.1, 0.15) is 16.9 Å². The van der Waals surface area contributed by atoms with Gasteiger partial charge in [-0.15, -0.1) is 11.3 Å². The van der Waals surface area contributed by atoms with Crippen molar-refractivity contribution in [3.05, 3.63) is 46.2 Å². The van der Waals surface area contributed by atoms with Crippen molar-refractivity contribution in [2.24, 2.45) is 11.7 Å². The minimum Gasteiger partial charge on any atom is -0.330 e. The topological polar surface area (TPSA) is 80.5 Å². The van der Waals surface area contributed by atoms with Gasteiger partial charge in [0.2, 0.25) is 5.91 Å². The van der Waals surface area contributed by atoms with E-state index >= 15 is 0 Å². The summed E-state index contributed by atoms with van der Waals surface area (Å²) in [5.74, 6) is 0.272. The molecule has 1 aliphatic carbocycles. The number of hydrogen-bond donors (Lipinski definition) is 1. The van der Waals surface area contributed by atoms with Crippen molar-refractivity contribution in [1.82, 2.24) is 0 Å². The molecule has 0 spiro atoms. The first-order valence-corrected chi connectivity index (χ1v) is 11.0. The number of sulfone groups is 1. The molecule has 4 rings (SSSR count). The van der Waals surface area contributed by atoms with Crippen LogP contribution in [0.15, 0.2) is 40.6 Å². The van der Waals surface area contributed by atoms with E-state index in [-0.39, 0.29) is 11.8 Å². The fourth-order valence-electron chi connectivity index (χ4n) is 3.88. The summed E-state index contributed by atoms with van der Waals surface area (Å²) in [6.07, 6.45) is 2.67. The summed E-state index contributed by atoms with van der Waals surface area (Å²) in [6, 6.07) is 9.03. The van der Waals surface area contributed by atoms with Crippen LogP contribution in [0.5, 0.6) is 0 Å². The molecule has 0 radical (unpaired) electrons. The van der Waals surface area contributed by atoms with Crippen LogP contribution in [0, 0.1) is 5.92 Å². The molecule has 2 aromatic rings. The maximum atomic E-state index is 13.4. The predicted octanol–water partition coefficient (Wildman–Crippen LogP) is 1.96. The average Bonchev–Trinajstić information content (AvgIpc) is 2.94. The molecule has 0 bridgehead atoms. The van der Waals surface area contributed by atoms with Crippen LogP contribution < -0.4 is 10.6 Å². The largest absolute Gasteiger partial charge is 0.330 e. The molecule has 0 saturated heterocycles. The second kappa shape index (κ2) is 5.65. The van der Waals surface area contributed by atoms with Crippen molar-refractivity contribution in [3.63, 3.8) is 0 Å². The first-order valence-electron chi connectivity index (χ1n) is 8.27. The second-order valence-electron chi connectivity index (χ2n) is 6.85. The summed E-state index contributed by atoms with van der Waals surface area (Å²) in [6.45, 7) is 1.09. The zero-order valence-electron chi connectivity index (χ0n) is 13.9. The Morgan fingerprint density at radius 1 is 1.40 bits per heavy atom. The van der Waals surface area contributed by atoms with Crippen molar-refractivity contribution in [2.75, 3.05) is 24.2 Å². The first kappa shape index (κ1) is 16.8. The van der Waals surface area contributed by atoms with E-state index < -0.39 is 15.3 Å². The Morgan fingerprint density at radius 3 is 2.80 bits per heavy atom. The van der Waals surface area contributed by atoms with Gasteiger partial charge in [-0.25, -0.2) is 8.42 Å². The van der Waals surface area contributed by atoms with Gasteiger partial charge < -0.3 is 10.6 Å². The highest BCUT2D eigenvalue weighted by Gasteiger charge is 2.62.